The number of benzene rings is 2. The lowest BCUT2D eigenvalue weighted by molar-refractivity contribution is -0.123. The molecular weight excluding hydrogens is 396 g/mol. The molecule has 8 nitrogen and oxygen atoms in total. The van der Waals surface area contributed by atoms with Crippen molar-refractivity contribution in [3.05, 3.63) is 71.5 Å². The SMILES string of the molecule is CCNC(=O)COc1ccc(NC(=O)C(=O)c2c(C)nn(-c3ccccc3)c2C)cc1. The molecule has 0 aliphatic rings. The molecule has 0 radical (unpaired) electrons. The lowest BCUT2D eigenvalue weighted by Crippen LogP contribution is -2.28. The molecule has 0 aliphatic carbocycles. The van der Waals surface area contributed by atoms with Gasteiger partial charge in [-0.3, -0.25) is 14.4 Å². The second-order valence-electron chi connectivity index (χ2n) is 6.84. The molecule has 0 fully saturated rings. The van der Waals surface area contributed by atoms with Crippen molar-refractivity contribution in [2.75, 3.05) is 18.5 Å². The fourth-order valence-electron chi connectivity index (χ4n) is 3.12. The summed E-state index contributed by atoms with van der Waals surface area (Å²) in [4.78, 5) is 36.8. The van der Waals surface area contributed by atoms with Crippen LogP contribution < -0.4 is 15.4 Å². The number of carbonyl (C=O) groups excluding carboxylic acids is 3. The summed E-state index contributed by atoms with van der Waals surface area (Å²) in [6.45, 7) is 5.72. The monoisotopic (exact) mass is 420 g/mol. The molecule has 0 spiro atoms. The van der Waals surface area contributed by atoms with Crippen LogP contribution in [0.3, 0.4) is 0 Å². The van der Waals surface area contributed by atoms with Gasteiger partial charge in [0.1, 0.15) is 5.75 Å². The van der Waals surface area contributed by atoms with E-state index in [1.807, 2.05) is 37.3 Å². The molecule has 1 aromatic heterocycles. The van der Waals surface area contributed by atoms with Crippen LogP contribution in [0.2, 0.25) is 0 Å². The third-order valence-electron chi connectivity index (χ3n) is 4.58. The number of nitrogens with zero attached hydrogens (tertiary/aromatic N) is 2. The Morgan fingerprint density at radius 2 is 1.68 bits per heavy atom. The van der Waals surface area contributed by atoms with E-state index in [4.69, 9.17) is 4.74 Å². The average molecular weight is 420 g/mol. The van der Waals surface area contributed by atoms with Crippen LogP contribution in [-0.4, -0.2) is 40.5 Å². The average Bonchev–Trinajstić information content (AvgIpc) is 3.07. The Bertz CT molecular complexity index is 1090. The van der Waals surface area contributed by atoms with Gasteiger partial charge in [-0.2, -0.15) is 5.10 Å². The van der Waals surface area contributed by atoms with Crippen LogP contribution in [0.25, 0.3) is 5.69 Å². The fourth-order valence-corrected chi connectivity index (χ4v) is 3.12. The molecule has 1 heterocycles. The number of para-hydroxylation sites is 1. The van der Waals surface area contributed by atoms with Gasteiger partial charge in [0.05, 0.1) is 22.6 Å². The summed E-state index contributed by atoms with van der Waals surface area (Å²) in [5.74, 6) is -1.15. The summed E-state index contributed by atoms with van der Waals surface area (Å²) < 4.78 is 7.02. The van der Waals surface area contributed by atoms with Crippen molar-refractivity contribution in [2.24, 2.45) is 0 Å². The summed E-state index contributed by atoms with van der Waals surface area (Å²) in [7, 11) is 0. The lowest BCUT2D eigenvalue weighted by atomic mass is 10.1. The van der Waals surface area contributed by atoms with Crippen molar-refractivity contribution in [3.8, 4) is 11.4 Å². The minimum Gasteiger partial charge on any atom is -0.484 e. The first-order valence-corrected chi connectivity index (χ1v) is 9.87. The first kappa shape index (κ1) is 21.8. The third-order valence-corrected chi connectivity index (χ3v) is 4.58. The van der Waals surface area contributed by atoms with Gasteiger partial charge in [-0.1, -0.05) is 18.2 Å². The molecule has 3 rings (SSSR count). The summed E-state index contributed by atoms with van der Waals surface area (Å²) in [6.07, 6.45) is 0. The molecule has 0 bridgehead atoms. The molecule has 2 aromatic carbocycles. The third kappa shape index (κ3) is 5.16. The Labute approximate surface area is 180 Å². The quantitative estimate of drug-likeness (QED) is 0.431. The van der Waals surface area contributed by atoms with E-state index >= 15 is 0 Å². The van der Waals surface area contributed by atoms with Gasteiger partial charge in [-0.05, 0) is 57.2 Å². The summed E-state index contributed by atoms with van der Waals surface area (Å²) >= 11 is 0. The molecular formula is C23H24N4O4. The Morgan fingerprint density at radius 1 is 1.00 bits per heavy atom. The number of hydrogen-bond donors (Lipinski definition) is 2. The minimum atomic E-state index is -0.755. The highest BCUT2D eigenvalue weighted by Gasteiger charge is 2.25. The van der Waals surface area contributed by atoms with Crippen LogP contribution in [-0.2, 0) is 9.59 Å². The van der Waals surface area contributed by atoms with E-state index < -0.39 is 11.7 Å². The topological polar surface area (TPSA) is 102 Å². The predicted molar refractivity (Wildman–Crippen MR) is 117 cm³/mol. The van der Waals surface area contributed by atoms with Crippen molar-refractivity contribution in [1.29, 1.82) is 0 Å². The highest BCUT2D eigenvalue weighted by molar-refractivity contribution is 6.47. The number of amides is 2. The highest BCUT2D eigenvalue weighted by Crippen LogP contribution is 2.20. The maximum absolute atomic E-state index is 12.8. The van der Waals surface area contributed by atoms with Gasteiger partial charge < -0.3 is 15.4 Å². The van der Waals surface area contributed by atoms with Gasteiger partial charge in [-0.25, -0.2) is 4.68 Å². The van der Waals surface area contributed by atoms with E-state index in [1.54, 1.807) is 42.8 Å². The number of carbonyl (C=O) groups is 3. The van der Waals surface area contributed by atoms with Gasteiger partial charge in [0, 0.05) is 12.2 Å². The molecule has 0 aliphatic heterocycles. The van der Waals surface area contributed by atoms with Gasteiger partial charge in [0.25, 0.3) is 17.6 Å². The molecule has 0 saturated carbocycles. The maximum Gasteiger partial charge on any atom is 0.296 e. The van der Waals surface area contributed by atoms with Crippen LogP contribution in [0.5, 0.6) is 5.75 Å². The van der Waals surface area contributed by atoms with Crippen LogP contribution in [0.15, 0.2) is 54.6 Å². The Morgan fingerprint density at radius 3 is 2.32 bits per heavy atom. The highest BCUT2D eigenvalue weighted by atomic mass is 16.5. The molecule has 8 heteroatoms. The Hall–Kier alpha value is -3.94. The molecule has 2 N–H and O–H groups in total. The van der Waals surface area contributed by atoms with E-state index in [-0.39, 0.29) is 18.1 Å². The Kier molecular flexibility index (Phi) is 6.81. The fraction of sp³-hybridized carbons (Fsp3) is 0.217. The van der Waals surface area contributed by atoms with E-state index in [1.165, 1.54) is 0 Å². The molecule has 2 amide bonds. The number of ether oxygens (including phenoxy) is 1. The number of rotatable bonds is 8. The van der Waals surface area contributed by atoms with Gasteiger partial charge >= 0.3 is 0 Å². The maximum atomic E-state index is 12.8. The van der Waals surface area contributed by atoms with Crippen LogP contribution in [0.4, 0.5) is 5.69 Å². The zero-order chi connectivity index (χ0) is 22.4. The van der Waals surface area contributed by atoms with Crippen LogP contribution in [0, 0.1) is 13.8 Å². The molecule has 0 atom stereocenters. The van der Waals surface area contributed by atoms with Gasteiger partial charge in [0.2, 0.25) is 0 Å². The number of aryl methyl sites for hydroxylation is 1. The normalized spacial score (nSPS) is 10.4. The Balaban J connectivity index is 1.68. The van der Waals surface area contributed by atoms with E-state index in [0.29, 0.717) is 29.4 Å². The first-order valence-electron chi connectivity index (χ1n) is 9.87. The van der Waals surface area contributed by atoms with E-state index in [0.717, 1.165) is 5.69 Å². The number of likely N-dealkylation sites (N-methyl/N-ethyl adjacent to an activating group) is 1. The van der Waals surface area contributed by atoms with Crippen molar-refractivity contribution in [3.63, 3.8) is 0 Å². The predicted octanol–water partition coefficient (Wildman–Crippen LogP) is 2.83. The van der Waals surface area contributed by atoms with Gasteiger partial charge in [0.15, 0.2) is 6.61 Å². The minimum absolute atomic E-state index is 0.0952. The largest absolute Gasteiger partial charge is 0.484 e. The van der Waals surface area contributed by atoms with Crippen molar-refractivity contribution in [1.82, 2.24) is 15.1 Å². The first-order chi connectivity index (χ1) is 14.9. The number of ketones is 1. The summed E-state index contributed by atoms with van der Waals surface area (Å²) in [5.41, 5.74) is 2.61. The number of anilines is 1. The second-order valence-corrected chi connectivity index (χ2v) is 6.84. The van der Waals surface area contributed by atoms with Crippen LogP contribution in [0.1, 0.15) is 28.7 Å². The second kappa shape index (κ2) is 9.71. The molecule has 31 heavy (non-hydrogen) atoms. The van der Waals surface area contributed by atoms with Gasteiger partial charge in [-0.15, -0.1) is 0 Å². The zero-order valence-electron chi connectivity index (χ0n) is 17.6. The number of Topliss-reactive ketones (excluding diaryl/α,β-unsaturated/α-hetero) is 1. The lowest BCUT2D eigenvalue weighted by Gasteiger charge is -2.08. The summed E-state index contributed by atoms with van der Waals surface area (Å²) in [5, 5.41) is 9.65. The number of nitrogens with one attached hydrogen (secondary N) is 2. The van der Waals surface area contributed by atoms with Crippen molar-refractivity contribution < 1.29 is 19.1 Å². The smallest absolute Gasteiger partial charge is 0.296 e. The van der Waals surface area contributed by atoms with E-state index in [2.05, 4.69) is 15.7 Å². The van der Waals surface area contributed by atoms with Crippen molar-refractivity contribution >= 4 is 23.3 Å². The molecule has 0 saturated heterocycles. The molecule has 3 aromatic rings. The van der Waals surface area contributed by atoms with Crippen LogP contribution >= 0.6 is 0 Å². The number of hydrogen-bond acceptors (Lipinski definition) is 5. The van der Waals surface area contributed by atoms with E-state index in [9.17, 15) is 14.4 Å². The molecule has 160 valence electrons. The summed E-state index contributed by atoms with van der Waals surface area (Å²) in [6, 6.07) is 15.8. The molecule has 0 unspecified atom stereocenters. The number of aromatic nitrogens is 2. The van der Waals surface area contributed by atoms with Crippen molar-refractivity contribution in [2.45, 2.75) is 20.8 Å². The standard InChI is InChI=1S/C23H24N4O4/c1-4-24-20(28)14-31-19-12-10-17(11-13-19)25-23(30)22(29)21-15(2)26-27(16(21)3)18-8-6-5-7-9-18/h5-13H,4,14H2,1-3H3,(H,24,28)(H,25,30). The zero-order valence-corrected chi connectivity index (χ0v) is 17.6.